The molecule has 0 aliphatic rings. The van der Waals surface area contributed by atoms with E-state index in [9.17, 15) is 13.2 Å². The van der Waals surface area contributed by atoms with Gasteiger partial charge in [-0.25, -0.2) is 8.42 Å². The van der Waals surface area contributed by atoms with Crippen LogP contribution in [0, 0.1) is 0 Å². The van der Waals surface area contributed by atoms with E-state index in [1.165, 1.54) is 4.31 Å². The van der Waals surface area contributed by atoms with Gasteiger partial charge in [-0.1, -0.05) is 42.5 Å². The summed E-state index contributed by atoms with van der Waals surface area (Å²) in [5.74, 6) is -0.0593. The molecule has 2 N–H and O–H groups in total. The van der Waals surface area contributed by atoms with E-state index in [1.54, 1.807) is 24.3 Å². The van der Waals surface area contributed by atoms with E-state index in [0.29, 0.717) is 12.3 Å². The van der Waals surface area contributed by atoms with E-state index >= 15 is 0 Å². The number of nitrogens with zero attached hydrogens (tertiary/aromatic N) is 1. The highest BCUT2D eigenvalue weighted by molar-refractivity contribution is 7.89. The van der Waals surface area contributed by atoms with Gasteiger partial charge in [0.05, 0.1) is 4.90 Å². The molecule has 0 atom stereocenters. The highest BCUT2D eigenvalue weighted by atomic mass is 35.5. The van der Waals surface area contributed by atoms with Crippen molar-refractivity contribution in [2.75, 3.05) is 12.4 Å². The third-order valence-corrected chi connectivity index (χ3v) is 5.80. The minimum Gasteiger partial charge on any atom is -0.370 e. The lowest BCUT2D eigenvalue weighted by atomic mass is 10.2. The maximum atomic E-state index is 13.0. The average Bonchev–Trinajstić information content (AvgIpc) is 2.60. The molecule has 134 valence electrons. The Bertz CT molecular complexity index is 793. The van der Waals surface area contributed by atoms with Crippen LogP contribution in [-0.2, 0) is 27.8 Å². The zero-order valence-electron chi connectivity index (χ0n) is 13.8. The summed E-state index contributed by atoms with van der Waals surface area (Å²) < 4.78 is 27.2. The van der Waals surface area contributed by atoms with Crippen LogP contribution in [-0.4, -0.2) is 31.1 Å². The summed E-state index contributed by atoms with van der Waals surface area (Å²) in [6, 6.07) is 15.9. The van der Waals surface area contributed by atoms with Crippen molar-refractivity contribution in [2.24, 2.45) is 5.73 Å². The molecule has 7 heteroatoms. The second-order valence-corrected chi connectivity index (χ2v) is 7.94. The summed E-state index contributed by atoms with van der Waals surface area (Å²) in [6.07, 6.45) is 0.647. The van der Waals surface area contributed by atoms with Crippen LogP contribution in [0.2, 0.25) is 0 Å². The van der Waals surface area contributed by atoms with Gasteiger partial charge in [0.1, 0.15) is 0 Å². The number of primary amides is 1. The van der Waals surface area contributed by atoms with Crippen LogP contribution in [0.25, 0.3) is 0 Å². The number of sulfonamides is 1. The van der Waals surface area contributed by atoms with Gasteiger partial charge in [-0.15, -0.1) is 11.6 Å². The Morgan fingerprint density at radius 2 is 1.64 bits per heavy atom. The van der Waals surface area contributed by atoms with Crippen LogP contribution in [0.5, 0.6) is 0 Å². The van der Waals surface area contributed by atoms with E-state index in [4.69, 9.17) is 17.3 Å². The van der Waals surface area contributed by atoms with Crippen molar-refractivity contribution in [3.05, 3.63) is 65.7 Å². The molecule has 0 spiro atoms. The number of carbonyl (C=O) groups is 1. The molecule has 0 saturated heterocycles. The highest BCUT2D eigenvalue weighted by Gasteiger charge is 2.25. The van der Waals surface area contributed by atoms with Crippen molar-refractivity contribution < 1.29 is 13.2 Å². The maximum absolute atomic E-state index is 13.0. The van der Waals surface area contributed by atoms with Gasteiger partial charge in [-0.3, -0.25) is 4.79 Å². The maximum Gasteiger partial charge on any atom is 0.243 e. The molecule has 1 amide bonds. The van der Waals surface area contributed by atoms with Gasteiger partial charge in [0, 0.05) is 25.4 Å². The zero-order valence-corrected chi connectivity index (χ0v) is 15.3. The van der Waals surface area contributed by atoms with Crippen LogP contribution in [0.3, 0.4) is 0 Å². The molecule has 5 nitrogen and oxygen atoms in total. The van der Waals surface area contributed by atoms with Gasteiger partial charge in [0.15, 0.2) is 0 Å². The predicted octanol–water partition coefficient (Wildman–Crippen LogP) is 2.53. The SMILES string of the molecule is NC(=O)CCN(Cc1ccccc1)S(=O)(=O)c1ccc(CCCl)cc1. The minimum absolute atomic E-state index is 0.0314. The fraction of sp³-hybridized carbons (Fsp3) is 0.278. The summed E-state index contributed by atoms with van der Waals surface area (Å²) in [4.78, 5) is 11.3. The average molecular weight is 381 g/mol. The molecule has 0 heterocycles. The Morgan fingerprint density at radius 3 is 2.20 bits per heavy atom. The van der Waals surface area contributed by atoms with Crippen molar-refractivity contribution in [1.82, 2.24) is 4.31 Å². The molecule has 0 radical (unpaired) electrons. The topological polar surface area (TPSA) is 80.5 Å². The number of halogens is 1. The Kier molecular flexibility index (Phi) is 6.99. The summed E-state index contributed by atoms with van der Waals surface area (Å²) in [5.41, 5.74) is 7.01. The van der Waals surface area contributed by atoms with Gasteiger partial charge in [-0.2, -0.15) is 4.31 Å². The fourth-order valence-electron chi connectivity index (χ4n) is 2.39. The number of alkyl halides is 1. The first kappa shape index (κ1) is 19.4. The van der Waals surface area contributed by atoms with Gasteiger partial charge < -0.3 is 5.73 Å². The first-order chi connectivity index (χ1) is 11.9. The van der Waals surface area contributed by atoms with Crippen molar-refractivity contribution in [2.45, 2.75) is 24.3 Å². The standard InChI is InChI=1S/C18H21ClN2O3S/c19-12-10-15-6-8-17(9-7-15)25(23,24)21(13-11-18(20)22)14-16-4-2-1-3-5-16/h1-9H,10-14H2,(H2,20,22). The van der Waals surface area contributed by atoms with Crippen LogP contribution < -0.4 is 5.73 Å². The minimum atomic E-state index is -3.73. The van der Waals surface area contributed by atoms with Crippen molar-refractivity contribution in [3.8, 4) is 0 Å². The lowest BCUT2D eigenvalue weighted by molar-refractivity contribution is -0.118. The molecule has 0 aliphatic heterocycles. The van der Waals surface area contributed by atoms with Crippen LogP contribution in [0.15, 0.2) is 59.5 Å². The second kappa shape index (κ2) is 8.99. The number of rotatable bonds is 9. The number of amides is 1. The lowest BCUT2D eigenvalue weighted by Gasteiger charge is -2.22. The molecular weight excluding hydrogens is 360 g/mol. The summed E-state index contributed by atoms with van der Waals surface area (Å²) in [5, 5.41) is 0. The number of hydrogen-bond acceptors (Lipinski definition) is 3. The molecule has 2 aromatic carbocycles. The van der Waals surface area contributed by atoms with E-state index < -0.39 is 15.9 Å². The quantitative estimate of drug-likeness (QED) is 0.679. The van der Waals surface area contributed by atoms with Crippen molar-refractivity contribution in [3.63, 3.8) is 0 Å². The molecule has 0 unspecified atom stereocenters. The lowest BCUT2D eigenvalue weighted by Crippen LogP contribution is -2.33. The third-order valence-electron chi connectivity index (χ3n) is 3.75. The van der Waals surface area contributed by atoms with Crippen molar-refractivity contribution in [1.29, 1.82) is 0 Å². The number of carbonyl (C=O) groups excluding carboxylic acids is 1. The fourth-order valence-corrected chi connectivity index (χ4v) is 4.04. The van der Waals surface area contributed by atoms with Crippen LogP contribution in [0.4, 0.5) is 0 Å². The first-order valence-corrected chi connectivity index (χ1v) is 9.88. The molecule has 25 heavy (non-hydrogen) atoms. The molecular formula is C18H21ClN2O3S. The normalized spacial score (nSPS) is 11.6. The van der Waals surface area contributed by atoms with Gasteiger partial charge in [0.2, 0.25) is 15.9 Å². The summed E-state index contributed by atoms with van der Waals surface area (Å²) in [7, 11) is -3.73. The smallest absolute Gasteiger partial charge is 0.243 e. The number of nitrogens with two attached hydrogens (primary N) is 1. The van der Waals surface area contributed by atoms with Gasteiger partial charge in [0.25, 0.3) is 0 Å². The number of hydrogen-bond donors (Lipinski definition) is 1. The third kappa shape index (κ3) is 5.56. The highest BCUT2D eigenvalue weighted by Crippen LogP contribution is 2.20. The summed E-state index contributed by atoms with van der Waals surface area (Å²) in [6.45, 7) is 0.218. The van der Waals surface area contributed by atoms with Crippen LogP contribution in [0.1, 0.15) is 17.5 Å². The van der Waals surface area contributed by atoms with Crippen molar-refractivity contribution >= 4 is 27.5 Å². The largest absolute Gasteiger partial charge is 0.370 e. The Labute approximate surface area is 153 Å². The second-order valence-electron chi connectivity index (χ2n) is 5.62. The van der Waals surface area contributed by atoms with Gasteiger partial charge >= 0.3 is 0 Å². The Hall–Kier alpha value is -1.89. The number of benzene rings is 2. The molecule has 0 aromatic heterocycles. The molecule has 0 aliphatic carbocycles. The molecule has 2 aromatic rings. The van der Waals surface area contributed by atoms with E-state index in [1.807, 2.05) is 30.3 Å². The Morgan fingerprint density at radius 1 is 1.00 bits per heavy atom. The molecule has 0 fully saturated rings. The van der Waals surface area contributed by atoms with E-state index in [2.05, 4.69) is 0 Å². The van der Waals surface area contributed by atoms with Crippen LogP contribution >= 0.6 is 11.6 Å². The predicted molar refractivity (Wildman–Crippen MR) is 98.7 cm³/mol. The van der Waals surface area contributed by atoms with E-state index in [-0.39, 0.29) is 24.4 Å². The van der Waals surface area contributed by atoms with Gasteiger partial charge in [-0.05, 0) is 29.7 Å². The Balaban J connectivity index is 2.27. The first-order valence-electron chi connectivity index (χ1n) is 7.91. The molecule has 0 bridgehead atoms. The monoisotopic (exact) mass is 380 g/mol. The molecule has 2 rings (SSSR count). The zero-order chi connectivity index (χ0) is 18.3. The number of aryl methyl sites for hydroxylation is 1. The summed E-state index contributed by atoms with van der Waals surface area (Å²) >= 11 is 5.71. The molecule has 0 saturated carbocycles. The van der Waals surface area contributed by atoms with E-state index in [0.717, 1.165) is 11.1 Å².